The molecule has 0 aliphatic rings. The highest BCUT2D eigenvalue weighted by atomic mass is 16.3. The first-order valence-corrected chi connectivity index (χ1v) is 8.70. The summed E-state index contributed by atoms with van der Waals surface area (Å²) in [5, 5.41) is 8.76. The molecule has 0 fully saturated rings. The molecule has 0 aliphatic heterocycles. The molecule has 7 heteroatoms. The Kier molecular flexibility index (Phi) is 5.12. The second kappa shape index (κ2) is 7.49. The highest BCUT2D eigenvalue weighted by Crippen LogP contribution is 2.28. The fraction of sp³-hybridized carbons (Fsp3) is 0.250. The van der Waals surface area contributed by atoms with Gasteiger partial charge in [0, 0.05) is 18.3 Å². The minimum absolute atomic E-state index is 0.192. The van der Waals surface area contributed by atoms with E-state index in [2.05, 4.69) is 16.0 Å². The van der Waals surface area contributed by atoms with Crippen LogP contribution in [0.1, 0.15) is 37.8 Å². The Morgan fingerprint density at radius 2 is 1.78 bits per heavy atom. The Balaban J connectivity index is 1.82. The summed E-state index contributed by atoms with van der Waals surface area (Å²) in [5.74, 6) is 1.30. The van der Waals surface area contributed by atoms with E-state index in [1.54, 1.807) is 24.3 Å². The van der Waals surface area contributed by atoms with Gasteiger partial charge in [-0.15, -0.1) is 0 Å². The van der Waals surface area contributed by atoms with Crippen molar-refractivity contribution in [1.29, 1.82) is 0 Å². The molecule has 0 radical (unpaired) electrons. The summed E-state index contributed by atoms with van der Waals surface area (Å²) < 4.78 is 5.63. The first-order valence-electron chi connectivity index (χ1n) is 8.70. The van der Waals surface area contributed by atoms with Crippen LogP contribution in [-0.4, -0.2) is 5.91 Å². The molecule has 0 unspecified atom stereocenters. The highest BCUT2D eigenvalue weighted by Gasteiger charge is 2.24. The SMILES string of the molecule is CC[C@@H](Nc1c(Nc2cccc(NC(C)=O)c2)c(=O)c1=O)c1ccc(C)o1. The lowest BCUT2D eigenvalue weighted by Crippen LogP contribution is -2.37. The number of aryl methyl sites for hydroxylation is 1. The second-order valence-electron chi connectivity index (χ2n) is 6.35. The van der Waals surface area contributed by atoms with Crippen molar-refractivity contribution in [2.24, 2.45) is 0 Å². The molecule has 3 aromatic rings. The van der Waals surface area contributed by atoms with Crippen molar-refractivity contribution < 1.29 is 9.21 Å². The number of furan rings is 1. The van der Waals surface area contributed by atoms with E-state index in [0.29, 0.717) is 23.6 Å². The summed E-state index contributed by atoms with van der Waals surface area (Å²) >= 11 is 0. The molecule has 0 aliphatic carbocycles. The van der Waals surface area contributed by atoms with Crippen molar-refractivity contribution in [1.82, 2.24) is 0 Å². The van der Waals surface area contributed by atoms with Gasteiger partial charge < -0.3 is 20.4 Å². The highest BCUT2D eigenvalue weighted by molar-refractivity contribution is 5.89. The van der Waals surface area contributed by atoms with E-state index in [1.807, 2.05) is 26.0 Å². The van der Waals surface area contributed by atoms with Gasteiger partial charge >= 0.3 is 0 Å². The van der Waals surface area contributed by atoms with Crippen LogP contribution in [0.5, 0.6) is 0 Å². The third-order valence-corrected chi connectivity index (χ3v) is 4.19. The van der Waals surface area contributed by atoms with Gasteiger partial charge in [-0.25, -0.2) is 0 Å². The van der Waals surface area contributed by atoms with Crippen molar-refractivity contribution in [3.05, 3.63) is 68.4 Å². The van der Waals surface area contributed by atoms with Gasteiger partial charge in [-0.1, -0.05) is 13.0 Å². The fourth-order valence-corrected chi connectivity index (χ4v) is 2.86. The van der Waals surface area contributed by atoms with Gasteiger partial charge in [0.1, 0.15) is 22.9 Å². The molecule has 0 saturated heterocycles. The second-order valence-corrected chi connectivity index (χ2v) is 6.35. The Labute approximate surface area is 156 Å². The molecule has 7 nitrogen and oxygen atoms in total. The van der Waals surface area contributed by atoms with Crippen molar-refractivity contribution in [2.45, 2.75) is 33.2 Å². The van der Waals surface area contributed by atoms with Gasteiger partial charge in [-0.2, -0.15) is 0 Å². The average Bonchev–Trinajstić information content (AvgIpc) is 3.06. The van der Waals surface area contributed by atoms with Gasteiger partial charge in [-0.05, 0) is 43.7 Å². The van der Waals surface area contributed by atoms with E-state index in [0.717, 1.165) is 5.76 Å². The van der Waals surface area contributed by atoms with Crippen molar-refractivity contribution in [3.63, 3.8) is 0 Å². The Morgan fingerprint density at radius 3 is 2.41 bits per heavy atom. The molecule has 140 valence electrons. The number of rotatable bonds is 7. The van der Waals surface area contributed by atoms with Gasteiger partial charge in [0.15, 0.2) is 0 Å². The number of benzene rings is 1. The fourth-order valence-electron chi connectivity index (χ4n) is 2.86. The minimum Gasteiger partial charge on any atom is -0.464 e. The minimum atomic E-state index is -0.576. The van der Waals surface area contributed by atoms with Crippen LogP contribution in [0.15, 0.2) is 50.4 Å². The third-order valence-electron chi connectivity index (χ3n) is 4.19. The Morgan fingerprint density at radius 1 is 1.07 bits per heavy atom. The number of hydrogen-bond donors (Lipinski definition) is 3. The molecular formula is C20H21N3O4. The van der Waals surface area contributed by atoms with E-state index >= 15 is 0 Å². The van der Waals surface area contributed by atoms with Crippen LogP contribution in [0, 0.1) is 6.92 Å². The van der Waals surface area contributed by atoms with E-state index in [9.17, 15) is 14.4 Å². The van der Waals surface area contributed by atoms with Crippen LogP contribution in [-0.2, 0) is 4.79 Å². The van der Waals surface area contributed by atoms with E-state index in [1.165, 1.54) is 6.92 Å². The standard InChI is InChI=1S/C20H21N3O4/c1-4-15(16-9-8-11(2)27-16)23-18-17(19(25)20(18)26)22-14-7-5-6-13(10-14)21-12(3)24/h5-10,15,22-23H,4H2,1-3H3,(H,21,24)/t15-/m1/s1. The quantitative estimate of drug-likeness (QED) is 0.553. The molecule has 1 aromatic heterocycles. The average molecular weight is 367 g/mol. The number of hydrogen-bond acceptors (Lipinski definition) is 6. The molecule has 0 saturated carbocycles. The number of amides is 1. The number of carbonyl (C=O) groups excluding carboxylic acids is 1. The first kappa shape index (κ1) is 18.4. The molecule has 1 atom stereocenters. The monoisotopic (exact) mass is 367 g/mol. The lowest BCUT2D eigenvalue weighted by molar-refractivity contribution is -0.114. The topological polar surface area (TPSA) is 100 Å². The zero-order chi connectivity index (χ0) is 19.6. The maximum Gasteiger partial charge on any atom is 0.253 e. The normalized spacial score (nSPS) is 12.0. The van der Waals surface area contributed by atoms with Crippen LogP contribution in [0.4, 0.5) is 22.7 Å². The molecule has 1 heterocycles. The van der Waals surface area contributed by atoms with Crippen LogP contribution < -0.4 is 26.8 Å². The van der Waals surface area contributed by atoms with Crippen LogP contribution >= 0.6 is 0 Å². The first-order chi connectivity index (χ1) is 12.9. The number of nitrogens with one attached hydrogen (secondary N) is 3. The summed E-state index contributed by atoms with van der Waals surface area (Å²) in [4.78, 5) is 35.3. The van der Waals surface area contributed by atoms with Crippen LogP contribution in [0.3, 0.4) is 0 Å². The number of anilines is 4. The predicted molar refractivity (Wildman–Crippen MR) is 105 cm³/mol. The molecule has 0 bridgehead atoms. The van der Waals surface area contributed by atoms with Gasteiger partial charge in [-0.3, -0.25) is 14.4 Å². The zero-order valence-corrected chi connectivity index (χ0v) is 15.4. The summed E-state index contributed by atoms with van der Waals surface area (Å²) in [7, 11) is 0. The zero-order valence-electron chi connectivity index (χ0n) is 15.4. The van der Waals surface area contributed by atoms with E-state index in [-0.39, 0.29) is 23.3 Å². The van der Waals surface area contributed by atoms with Crippen LogP contribution in [0.2, 0.25) is 0 Å². The van der Waals surface area contributed by atoms with Crippen LogP contribution in [0.25, 0.3) is 0 Å². The molecule has 0 spiro atoms. The Bertz CT molecular complexity index is 1040. The predicted octanol–water partition coefficient (Wildman–Crippen LogP) is 3.45. The summed E-state index contributed by atoms with van der Waals surface area (Å²) in [6.07, 6.45) is 0.684. The van der Waals surface area contributed by atoms with E-state index in [4.69, 9.17) is 4.42 Å². The summed E-state index contributed by atoms with van der Waals surface area (Å²) in [5.41, 5.74) is 0.509. The summed E-state index contributed by atoms with van der Waals surface area (Å²) in [6, 6.07) is 10.4. The molecule has 3 rings (SSSR count). The molecule has 3 N–H and O–H groups in total. The smallest absolute Gasteiger partial charge is 0.253 e. The number of carbonyl (C=O) groups is 1. The van der Waals surface area contributed by atoms with Gasteiger partial charge in [0.05, 0.1) is 6.04 Å². The molecule has 2 aromatic carbocycles. The molecule has 1 amide bonds. The third kappa shape index (κ3) is 3.92. The van der Waals surface area contributed by atoms with Gasteiger partial charge in [0.25, 0.3) is 10.9 Å². The van der Waals surface area contributed by atoms with E-state index < -0.39 is 10.9 Å². The maximum absolute atomic E-state index is 12.1. The molecular weight excluding hydrogens is 346 g/mol. The van der Waals surface area contributed by atoms with Gasteiger partial charge in [0.2, 0.25) is 5.91 Å². The maximum atomic E-state index is 12.1. The molecule has 27 heavy (non-hydrogen) atoms. The largest absolute Gasteiger partial charge is 0.464 e. The lowest BCUT2D eigenvalue weighted by atomic mass is 10.1. The Hall–Kier alpha value is -3.35. The summed E-state index contributed by atoms with van der Waals surface area (Å²) in [6.45, 7) is 5.23. The van der Waals surface area contributed by atoms with Crippen molar-refractivity contribution >= 4 is 28.7 Å². The lowest BCUT2D eigenvalue weighted by Gasteiger charge is -2.20. The van der Waals surface area contributed by atoms with Crippen molar-refractivity contribution in [3.8, 4) is 0 Å². The van der Waals surface area contributed by atoms with Crippen molar-refractivity contribution in [2.75, 3.05) is 16.0 Å².